The minimum atomic E-state index is -0.445. The molecule has 1 aromatic rings. The fraction of sp³-hybridized carbons (Fsp3) is 0.667. The van der Waals surface area contributed by atoms with Crippen molar-refractivity contribution in [2.24, 2.45) is 11.3 Å². The van der Waals surface area contributed by atoms with Crippen molar-refractivity contribution in [2.45, 2.75) is 72.0 Å². The van der Waals surface area contributed by atoms with Gasteiger partial charge in [0.25, 0.3) is 0 Å². The molecule has 1 saturated carbocycles. The van der Waals surface area contributed by atoms with Gasteiger partial charge in [-0.05, 0) is 37.2 Å². The summed E-state index contributed by atoms with van der Waals surface area (Å²) in [5.41, 5.74) is 0.712. The Morgan fingerprint density at radius 1 is 1.29 bits per heavy atom. The third-order valence-electron chi connectivity index (χ3n) is 4.93. The molecule has 0 heterocycles. The largest absolute Gasteiger partial charge is 0.465 e. The highest BCUT2D eigenvalue weighted by Gasteiger charge is 2.50. The number of unbranched alkanes of at least 4 members (excludes halogenated alkanes) is 1. The minimum Gasteiger partial charge on any atom is -0.465 e. The third kappa shape index (κ3) is 4.83. The van der Waals surface area contributed by atoms with Gasteiger partial charge in [0, 0.05) is 0 Å². The summed E-state index contributed by atoms with van der Waals surface area (Å²) in [5.74, 6) is 0.322. The lowest BCUT2D eigenvalue weighted by molar-refractivity contribution is -0.167. The van der Waals surface area contributed by atoms with Crippen LogP contribution in [0.3, 0.4) is 0 Å². The number of carbonyl (C=O) groups excluding carboxylic acids is 1. The first-order chi connectivity index (χ1) is 11.6. The highest BCUT2D eigenvalue weighted by atomic mass is 16.5. The van der Waals surface area contributed by atoms with Gasteiger partial charge in [-0.1, -0.05) is 63.9 Å². The summed E-state index contributed by atoms with van der Waals surface area (Å²) in [6.45, 7) is 7.38. The van der Waals surface area contributed by atoms with Crippen LogP contribution in [0.15, 0.2) is 30.3 Å². The molecule has 1 aliphatic rings. The predicted octanol–water partition coefficient (Wildman–Crippen LogP) is 5.13. The Morgan fingerprint density at radius 2 is 2.04 bits per heavy atom. The average Bonchev–Trinajstić information content (AvgIpc) is 3.01. The van der Waals surface area contributed by atoms with E-state index in [4.69, 9.17) is 9.47 Å². The summed E-state index contributed by atoms with van der Waals surface area (Å²) in [7, 11) is 0. The van der Waals surface area contributed by atoms with Gasteiger partial charge < -0.3 is 9.47 Å². The van der Waals surface area contributed by atoms with Crippen molar-refractivity contribution in [1.82, 2.24) is 0 Å². The second-order valence-electron chi connectivity index (χ2n) is 7.43. The van der Waals surface area contributed by atoms with Crippen molar-refractivity contribution in [1.29, 1.82) is 0 Å². The lowest BCUT2D eigenvalue weighted by atomic mass is 9.79. The van der Waals surface area contributed by atoms with E-state index < -0.39 is 5.41 Å². The number of ether oxygens (including phenoxy) is 2. The molecule has 0 N–H and O–H groups in total. The van der Waals surface area contributed by atoms with E-state index in [0.29, 0.717) is 19.1 Å². The molecule has 24 heavy (non-hydrogen) atoms. The van der Waals surface area contributed by atoms with Gasteiger partial charge >= 0.3 is 5.97 Å². The smallest absolute Gasteiger partial charge is 0.314 e. The fourth-order valence-corrected chi connectivity index (χ4v) is 3.55. The molecule has 2 unspecified atom stereocenters. The van der Waals surface area contributed by atoms with Crippen LogP contribution in [0.2, 0.25) is 0 Å². The molecule has 2 rings (SSSR count). The van der Waals surface area contributed by atoms with Crippen LogP contribution < -0.4 is 0 Å². The highest BCUT2D eigenvalue weighted by Crippen LogP contribution is 2.45. The van der Waals surface area contributed by atoms with Crippen LogP contribution in [0.1, 0.15) is 64.9 Å². The van der Waals surface area contributed by atoms with Crippen LogP contribution in [-0.4, -0.2) is 18.7 Å². The van der Waals surface area contributed by atoms with E-state index in [-0.39, 0.29) is 12.1 Å². The zero-order valence-electron chi connectivity index (χ0n) is 15.4. The molecule has 3 heteroatoms. The zero-order valence-corrected chi connectivity index (χ0v) is 15.4. The third-order valence-corrected chi connectivity index (χ3v) is 4.93. The molecule has 1 fully saturated rings. The Labute approximate surface area is 146 Å². The molecule has 0 saturated heterocycles. The quantitative estimate of drug-likeness (QED) is 0.588. The monoisotopic (exact) mass is 332 g/mol. The van der Waals surface area contributed by atoms with Crippen molar-refractivity contribution in [3.63, 3.8) is 0 Å². The molecule has 1 aliphatic carbocycles. The van der Waals surface area contributed by atoms with Gasteiger partial charge in [0.1, 0.15) is 0 Å². The lowest BCUT2D eigenvalue weighted by Crippen LogP contribution is -2.41. The molecule has 3 nitrogen and oxygen atoms in total. The molecule has 1 aromatic carbocycles. The molecule has 0 aromatic heterocycles. The number of carbonyl (C=O) groups is 1. The molecule has 0 amide bonds. The van der Waals surface area contributed by atoms with E-state index >= 15 is 0 Å². The number of benzene rings is 1. The minimum absolute atomic E-state index is 0.0241. The molecule has 0 radical (unpaired) electrons. The van der Waals surface area contributed by atoms with Crippen molar-refractivity contribution < 1.29 is 14.3 Å². The van der Waals surface area contributed by atoms with Crippen molar-refractivity contribution in [2.75, 3.05) is 6.61 Å². The summed E-state index contributed by atoms with van der Waals surface area (Å²) in [6.07, 6.45) is 5.87. The molecule has 2 atom stereocenters. The van der Waals surface area contributed by atoms with Crippen molar-refractivity contribution >= 4 is 5.97 Å². The lowest BCUT2D eigenvalue weighted by Gasteiger charge is -2.33. The van der Waals surface area contributed by atoms with Gasteiger partial charge in [-0.15, -0.1) is 0 Å². The summed E-state index contributed by atoms with van der Waals surface area (Å²) in [5, 5.41) is 0. The Bertz CT molecular complexity index is 497. The van der Waals surface area contributed by atoms with Gasteiger partial charge in [-0.2, -0.15) is 0 Å². The average molecular weight is 332 g/mol. The molecular weight excluding hydrogens is 300 g/mol. The molecule has 134 valence electrons. The second kappa shape index (κ2) is 9.22. The van der Waals surface area contributed by atoms with Gasteiger partial charge in [-0.25, -0.2) is 0 Å². The summed E-state index contributed by atoms with van der Waals surface area (Å²) in [6, 6.07) is 10.2. The fourth-order valence-electron chi connectivity index (χ4n) is 3.55. The second-order valence-corrected chi connectivity index (χ2v) is 7.43. The van der Waals surface area contributed by atoms with Crippen LogP contribution in [0.25, 0.3) is 0 Å². The summed E-state index contributed by atoms with van der Waals surface area (Å²) in [4.78, 5) is 12.9. The van der Waals surface area contributed by atoms with E-state index in [1.165, 1.54) is 0 Å². The van der Waals surface area contributed by atoms with Crippen molar-refractivity contribution in [3.8, 4) is 0 Å². The molecule has 0 aliphatic heterocycles. The standard InChI is InChI=1S/C21H32O3/c1-4-5-13-21(20(22)24-15-17(2)3)14-9-12-19(21)23-16-18-10-7-6-8-11-18/h6-8,10-11,17,19H,4-5,9,12-16H2,1-3H3. The maximum atomic E-state index is 12.9. The SMILES string of the molecule is CCCCC1(C(=O)OCC(C)C)CCCC1OCc1ccccc1. The van der Waals surface area contributed by atoms with Gasteiger partial charge in [0.2, 0.25) is 0 Å². The van der Waals surface area contributed by atoms with E-state index in [1.54, 1.807) is 0 Å². The number of rotatable bonds is 9. The summed E-state index contributed by atoms with van der Waals surface area (Å²) >= 11 is 0. The van der Waals surface area contributed by atoms with E-state index in [1.807, 2.05) is 18.2 Å². The Kier molecular flexibility index (Phi) is 7.29. The van der Waals surface area contributed by atoms with Crippen LogP contribution in [0, 0.1) is 11.3 Å². The van der Waals surface area contributed by atoms with Gasteiger partial charge in [0.15, 0.2) is 0 Å². The predicted molar refractivity (Wildman–Crippen MR) is 96.6 cm³/mol. The molecule has 0 bridgehead atoms. The van der Waals surface area contributed by atoms with E-state index in [9.17, 15) is 4.79 Å². The Hall–Kier alpha value is -1.35. The first-order valence-corrected chi connectivity index (χ1v) is 9.41. The van der Waals surface area contributed by atoms with E-state index in [0.717, 1.165) is 44.1 Å². The highest BCUT2D eigenvalue weighted by molar-refractivity contribution is 5.78. The van der Waals surface area contributed by atoms with Gasteiger partial charge in [0.05, 0.1) is 24.7 Å². The van der Waals surface area contributed by atoms with E-state index in [2.05, 4.69) is 32.9 Å². The van der Waals surface area contributed by atoms with Gasteiger partial charge in [-0.3, -0.25) is 4.79 Å². The maximum Gasteiger partial charge on any atom is 0.314 e. The number of esters is 1. The topological polar surface area (TPSA) is 35.5 Å². The zero-order chi connectivity index (χ0) is 17.4. The first-order valence-electron chi connectivity index (χ1n) is 9.41. The molecule has 0 spiro atoms. The first kappa shape index (κ1) is 19.0. The normalized spacial score (nSPS) is 23.6. The van der Waals surface area contributed by atoms with Crippen molar-refractivity contribution in [3.05, 3.63) is 35.9 Å². The number of hydrogen-bond donors (Lipinski definition) is 0. The van der Waals surface area contributed by atoms with Crippen LogP contribution in [-0.2, 0) is 20.9 Å². The summed E-state index contributed by atoms with van der Waals surface area (Å²) < 4.78 is 11.9. The maximum absolute atomic E-state index is 12.9. The van der Waals surface area contributed by atoms with Crippen LogP contribution in [0.5, 0.6) is 0 Å². The number of hydrogen-bond acceptors (Lipinski definition) is 3. The Morgan fingerprint density at radius 3 is 2.71 bits per heavy atom. The van der Waals surface area contributed by atoms with Crippen LogP contribution in [0.4, 0.5) is 0 Å². The Balaban J connectivity index is 2.06. The molecular formula is C21H32O3. The van der Waals surface area contributed by atoms with Crippen LogP contribution >= 0.6 is 0 Å².